The predicted octanol–water partition coefficient (Wildman–Crippen LogP) is 4.83. The van der Waals surface area contributed by atoms with Crippen molar-refractivity contribution in [2.75, 3.05) is 19.6 Å². The van der Waals surface area contributed by atoms with E-state index in [4.69, 9.17) is 0 Å². The number of carbonyl (C=O) groups excluding carboxylic acids is 1. The first kappa shape index (κ1) is 21.7. The van der Waals surface area contributed by atoms with Crippen molar-refractivity contribution in [2.45, 2.75) is 25.8 Å². The van der Waals surface area contributed by atoms with Gasteiger partial charge in [-0.1, -0.05) is 60.7 Å². The molecule has 32 heavy (non-hydrogen) atoms. The summed E-state index contributed by atoms with van der Waals surface area (Å²) < 4.78 is 0. The van der Waals surface area contributed by atoms with Crippen LogP contribution in [0.5, 0.6) is 0 Å². The number of nitro groups is 1. The molecule has 1 aliphatic rings. The van der Waals surface area contributed by atoms with Crippen molar-refractivity contribution in [1.82, 2.24) is 10.2 Å². The Hall–Kier alpha value is -3.51. The number of nitro benzene ring substituents is 1. The minimum Gasteiger partial charge on any atom is -0.351 e. The Morgan fingerprint density at radius 2 is 1.59 bits per heavy atom. The van der Waals surface area contributed by atoms with Gasteiger partial charge in [0.05, 0.1) is 4.92 Å². The van der Waals surface area contributed by atoms with E-state index in [1.165, 1.54) is 43.6 Å². The number of amides is 1. The molecule has 6 heteroatoms. The number of likely N-dealkylation sites (tertiary alicyclic amines) is 1. The van der Waals surface area contributed by atoms with Crippen LogP contribution in [-0.4, -0.2) is 35.4 Å². The van der Waals surface area contributed by atoms with Gasteiger partial charge in [0.25, 0.3) is 11.6 Å². The smallest absolute Gasteiger partial charge is 0.282 e. The molecule has 0 aliphatic carbocycles. The van der Waals surface area contributed by atoms with Crippen molar-refractivity contribution in [2.24, 2.45) is 0 Å². The lowest BCUT2D eigenvalue weighted by Gasteiger charge is -2.14. The van der Waals surface area contributed by atoms with Crippen LogP contribution < -0.4 is 5.32 Å². The molecule has 3 aromatic carbocycles. The second kappa shape index (κ2) is 10.2. The number of hydrogen-bond acceptors (Lipinski definition) is 4. The van der Waals surface area contributed by atoms with Gasteiger partial charge in [-0.05, 0) is 60.7 Å². The van der Waals surface area contributed by atoms with Crippen LogP contribution in [0.3, 0.4) is 0 Å². The Morgan fingerprint density at radius 3 is 2.28 bits per heavy atom. The van der Waals surface area contributed by atoms with Crippen LogP contribution in [0.4, 0.5) is 5.69 Å². The normalized spacial score (nSPS) is 13.8. The Balaban J connectivity index is 1.36. The largest absolute Gasteiger partial charge is 0.351 e. The third kappa shape index (κ3) is 5.39. The minimum absolute atomic E-state index is 0.0793. The van der Waals surface area contributed by atoms with Gasteiger partial charge in [0.1, 0.15) is 5.56 Å². The first-order chi connectivity index (χ1) is 15.6. The third-order valence-electron chi connectivity index (χ3n) is 5.87. The Morgan fingerprint density at radius 1 is 0.906 bits per heavy atom. The number of rotatable bonds is 8. The van der Waals surface area contributed by atoms with E-state index in [0.29, 0.717) is 18.5 Å². The number of nitrogens with zero attached hydrogens (tertiary/aromatic N) is 2. The fourth-order valence-corrected chi connectivity index (χ4v) is 4.11. The van der Waals surface area contributed by atoms with Crippen molar-refractivity contribution >= 4 is 11.6 Å². The molecule has 0 bridgehead atoms. The fourth-order valence-electron chi connectivity index (χ4n) is 4.11. The molecule has 4 rings (SSSR count). The quantitative estimate of drug-likeness (QED) is 0.411. The van der Waals surface area contributed by atoms with Crippen molar-refractivity contribution in [3.8, 4) is 11.1 Å². The van der Waals surface area contributed by atoms with Crippen LogP contribution in [0.2, 0.25) is 0 Å². The van der Waals surface area contributed by atoms with Gasteiger partial charge < -0.3 is 5.32 Å². The molecule has 0 spiro atoms. The summed E-state index contributed by atoms with van der Waals surface area (Å²) in [6.45, 7) is 3.75. The number of hydrogen-bond donors (Lipinski definition) is 1. The molecule has 6 nitrogen and oxygen atoms in total. The van der Waals surface area contributed by atoms with Gasteiger partial charge in [-0.3, -0.25) is 19.8 Å². The SMILES string of the molecule is O=C(NCCc1ccc(CN2CCCC2)cc1)c1ccc(-c2ccccc2)cc1[N+](=O)[O-]. The highest BCUT2D eigenvalue weighted by atomic mass is 16.6. The number of benzene rings is 3. The summed E-state index contributed by atoms with van der Waals surface area (Å²) in [6, 6.07) is 22.6. The second-order valence-corrected chi connectivity index (χ2v) is 8.16. The molecule has 1 amide bonds. The van der Waals surface area contributed by atoms with Gasteiger partial charge in [-0.2, -0.15) is 0 Å². The van der Waals surface area contributed by atoms with Gasteiger partial charge in [-0.25, -0.2) is 0 Å². The fraction of sp³-hybridized carbons (Fsp3) is 0.269. The van der Waals surface area contributed by atoms with Crippen LogP contribution in [0.25, 0.3) is 11.1 Å². The number of nitrogens with one attached hydrogen (secondary N) is 1. The summed E-state index contributed by atoms with van der Waals surface area (Å²) in [5, 5.41) is 14.4. The van der Waals surface area contributed by atoms with E-state index in [0.717, 1.165) is 17.7 Å². The summed E-state index contributed by atoms with van der Waals surface area (Å²) in [5.41, 5.74) is 3.91. The predicted molar refractivity (Wildman–Crippen MR) is 126 cm³/mol. The summed E-state index contributed by atoms with van der Waals surface area (Å²) >= 11 is 0. The molecule has 0 radical (unpaired) electrons. The summed E-state index contributed by atoms with van der Waals surface area (Å²) in [5.74, 6) is -0.429. The van der Waals surface area contributed by atoms with Crippen LogP contribution in [-0.2, 0) is 13.0 Å². The van der Waals surface area contributed by atoms with Gasteiger partial charge in [0.2, 0.25) is 0 Å². The molecular weight excluding hydrogens is 402 g/mol. The van der Waals surface area contributed by atoms with Crippen LogP contribution in [0.1, 0.15) is 34.3 Å². The highest BCUT2D eigenvalue weighted by Gasteiger charge is 2.21. The Kier molecular flexibility index (Phi) is 6.92. The molecular formula is C26H27N3O3. The highest BCUT2D eigenvalue weighted by molar-refractivity contribution is 5.99. The van der Waals surface area contributed by atoms with Crippen molar-refractivity contribution in [3.63, 3.8) is 0 Å². The summed E-state index contributed by atoms with van der Waals surface area (Å²) in [4.78, 5) is 26.2. The van der Waals surface area contributed by atoms with E-state index >= 15 is 0 Å². The molecule has 1 N–H and O–H groups in total. The first-order valence-corrected chi connectivity index (χ1v) is 11.0. The molecule has 1 saturated heterocycles. The average molecular weight is 430 g/mol. The average Bonchev–Trinajstić information content (AvgIpc) is 3.33. The molecule has 0 saturated carbocycles. The van der Waals surface area contributed by atoms with Crippen LogP contribution in [0.15, 0.2) is 72.8 Å². The first-order valence-electron chi connectivity index (χ1n) is 11.0. The molecule has 0 unspecified atom stereocenters. The van der Waals surface area contributed by atoms with Crippen molar-refractivity contribution < 1.29 is 9.72 Å². The second-order valence-electron chi connectivity index (χ2n) is 8.16. The molecule has 1 heterocycles. The van der Waals surface area contributed by atoms with Crippen LogP contribution in [0, 0.1) is 10.1 Å². The number of carbonyl (C=O) groups is 1. The van der Waals surface area contributed by atoms with E-state index in [9.17, 15) is 14.9 Å². The lowest BCUT2D eigenvalue weighted by Crippen LogP contribution is -2.26. The van der Waals surface area contributed by atoms with Crippen LogP contribution >= 0.6 is 0 Å². The molecule has 1 fully saturated rings. The lowest BCUT2D eigenvalue weighted by atomic mass is 10.0. The monoisotopic (exact) mass is 429 g/mol. The van der Waals surface area contributed by atoms with Gasteiger partial charge in [-0.15, -0.1) is 0 Å². The zero-order valence-electron chi connectivity index (χ0n) is 18.0. The van der Waals surface area contributed by atoms with Gasteiger partial charge in [0.15, 0.2) is 0 Å². The highest BCUT2D eigenvalue weighted by Crippen LogP contribution is 2.27. The summed E-state index contributed by atoms with van der Waals surface area (Å²) in [7, 11) is 0. The zero-order chi connectivity index (χ0) is 22.3. The van der Waals surface area contributed by atoms with Crippen molar-refractivity contribution in [3.05, 3.63) is 99.6 Å². The molecule has 164 valence electrons. The summed E-state index contributed by atoms with van der Waals surface area (Å²) in [6.07, 6.45) is 3.24. The third-order valence-corrected chi connectivity index (χ3v) is 5.87. The maximum absolute atomic E-state index is 12.6. The molecule has 0 aromatic heterocycles. The zero-order valence-corrected chi connectivity index (χ0v) is 18.0. The van der Waals surface area contributed by atoms with Gasteiger partial charge >= 0.3 is 0 Å². The Bertz CT molecular complexity index is 1080. The van der Waals surface area contributed by atoms with Gasteiger partial charge in [0, 0.05) is 19.2 Å². The van der Waals surface area contributed by atoms with E-state index in [1.807, 2.05) is 30.3 Å². The Labute approximate surface area is 188 Å². The molecule has 0 atom stereocenters. The molecule has 1 aliphatic heterocycles. The lowest BCUT2D eigenvalue weighted by molar-refractivity contribution is -0.385. The standard InChI is InChI=1S/C26H27N3O3/c30-26(24-13-12-23(18-25(24)29(31)32)22-6-2-1-3-7-22)27-15-14-20-8-10-21(11-9-20)19-28-16-4-5-17-28/h1-3,6-13,18H,4-5,14-17,19H2,(H,27,30). The van der Waals surface area contributed by atoms with E-state index in [1.54, 1.807) is 6.07 Å². The minimum atomic E-state index is -0.500. The van der Waals surface area contributed by atoms with Crippen molar-refractivity contribution in [1.29, 1.82) is 0 Å². The maximum atomic E-state index is 12.6. The van der Waals surface area contributed by atoms with E-state index in [-0.39, 0.29) is 11.3 Å². The molecule has 3 aromatic rings. The maximum Gasteiger partial charge on any atom is 0.282 e. The topological polar surface area (TPSA) is 75.5 Å². The van der Waals surface area contributed by atoms with E-state index < -0.39 is 10.8 Å². The van der Waals surface area contributed by atoms with E-state index in [2.05, 4.69) is 34.5 Å².